The Kier molecular flexibility index (Phi) is 5.39. The van der Waals surface area contributed by atoms with Crippen LogP contribution >= 0.6 is 0 Å². The number of pyridine rings is 2. The number of benzene rings is 2. The molecule has 4 rings (SSSR count). The molecule has 2 aromatic carbocycles. The van der Waals surface area contributed by atoms with Crippen LogP contribution in [0.15, 0.2) is 67.0 Å². The van der Waals surface area contributed by atoms with Crippen LogP contribution in [-0.4, -0.2) is 24.3 Å². The third-order valence-corrected chi connectivity index (χ3v) is 5.09. The first-order valence-electron chi connectivity index (χ1n) is 9.64. The molecule has 0 radical (unpaired) electrons. The summed E-state index contributed by atoms with van der Waals surface area (Å²) in [6.07, 6.45) is 3.56. The van der Waals surface area contributed by atoms with Crippen LogP contribution in [0.5, 0.6) is 17.2 Å². The van der Waals surface area contributed by atoms with Gasteiger partial charge in [0.25, 0.3) is 5.82 Å². The van der Waals surface area contributed by atoms with E-state index in [2.05, 4.69) is 15.3 Å². The number of phenols is 1. The van der Waals surface area contributed by atoms with Gasteiger partial charge in [0.15, 0.2) is 11.5 Å². The summed E-state index contributed by atoms with van der Waals surface area (Å²) in [5.74, 6) is 2.24. The first-order chi connectivity index (χ1) is 14.6. The quantitative estimate of drug-likeness (QED) is 0.503. The normalized spacial score (nSPS) is 11.8. The SMILES string of the molecule is COc1ccc([C@H](Nc2cc(C)cc[nH+]2)c2ccc3cccnc3c2O)cc1OC. The number of methoxy groups -OCH3 is 2. The van der Waals surface area contributed by atoms with Gasteiger partial charge in [0.2, 0.25) is 0 Å². The fourth-order valence-corrected chi connectivity index (χ4v) is 3.57. The zero-order valence-corrected chi connectivity index (χ0v) is 17.1. The van der Waals surface area contributed by atoms with Crippen LogP contribution in [0, 0.1) is 6.92 Å². The van der Waals surface area contributed by atoms with E-state index in [0.29, 0.717) is 22.6 Å². The zero-order chi connectivity index (χ0) is 21.1. The molecule has 0 saturated carbocycles. The van der Waals surface area contributed by atoms with Gasteiger partial charge in [0.05, 0.1) is 20.4 Å². The second-order valence-corrected chi connectivity index (χ2v) is 7.05. The molecule has 152 valence electrons. The number of aryl methyl sites for hydroxylation is 1. The maximum atomic E-state index is 11.1. The summed E-state index contributed by atoms with van der Waals surface area (Å²) in [4.78, 5) is 7.59. The maximum Gasteiger partial charge on any atom is 0.273 e. The number of anilines is 1. The van der Waals surface area contributed by atoms with Gasteiger partial charge in [-0.25, -0.2) is 4.98 Å². The Morgan fingerprint density at radius 1 is 1.00 bits per heavy atom. The number of nitrogens with zero attached hydrogens (tertiary/aromatic N) is 1. The molecule has 0 spiro atoms. The number of ether oxygens (including phenoxy) is 2. The standard InChI is InChI=1S/C24H23N3O3/c1-15-10-12-25-21(13-15)27-22(17-7-9-19(29-2)20(14-17)30-3)18-8-6-16-5-4-11-26-23(16)24(18)28/h4-14,22,28H,1-3H3,(H,25,27)/p+1/t22-/m0/s1. The average Bonchev–Trinajstić information content (AvgIpc) is 2.78. The van der Waals surface area contributed by atoms with Gasteiger partial charge >= 0.3 is 0 Å². The number of rotatable bonds is 6. The number of hydrogen-bond donors (Lipinski definition) is 2. The lowest BCUT2D eigenvalue weighted by molar-refractivity contribution is -0.361. The molecule has 0 aliphatic carbocycles. The summed E-state index contributed by atoms with van der Waals surface area (Å²) < 4.78 is 10.9. The van der Waals surface area contributed by atoms with E-state index in [0.717, 1.165) is 22.3 Å². The molecule has 2 heterocycles. The molecule has 0 amide bonds. The fraction of sp³-hybridized carbons (Fsp3) is 0.167. The highest BCUT2D eigenvalue weighted by molar-refractivity contribution is 5.86. The number of hydrogen-bond acceptors (Lipinski definition) is 5. The Morgan fingerprint density at radius 3 is 2.60 bits per heavy atom. The monoisotopic (exact) mass is 402 g/mol. The van der Waals surface area contributed by atoms with Crippen LogP contribution in [0.3, 0.4) is 0 Å². The minimum absolute atomic E-state index is 0.146. The first-order valence-corrected chi connectivity index (χ1v) is 9.64. The minimum atomic E-state index is -0.353. The summed E-state index contributed by atoms with van der Waals surface area (Å²) in [5.41, 5.74) is 3.30. The van der Waals surface area contributed by atoms with Crippen LogP contribution in [0.25, 0.3) is 10.9 Å². The van der Waals surface area contributed by atoms with Crippen LogP contribution in [0.2, 0.25) is 0 Å². The molecule has 1 atom stereocenters. The van der Waals surface area contributed by atoms with Crippen molar-refractivity contribution in [2.45, 2.75) is 13.0 Å². The molecule has 0 aliphatic rings. The maximum absolute atomic E-state index is 11.1. The Morgan fingerprint density at radius 2 is 1.83 bits per heavy atom. The van der Waals surface area contributed by atoms with Gasteiger partial charge in [-0.1, -0.05) is 18.2 Å². The number of H-pyrrole nitrogens is 1. The topological polar surface area (TPSA) is 77.8 Å². The molecule has 4 aromatic rings. The summed E-state index contributed by atoms with van der Waals surface area (Å²) in [6, 6.07) is 17.1. The molecule has 6 heteroatoms. The molecule has 0 fully saturated rings. The third kappa shape index (κ3) is 3.72. The summed E-state index contributed by atoms with van der Waals surface area (Å²) >= 11 is 0. The molecule has 0 bridgehead atoms. The molecule has 0 aliphatic heterocycles. The van der Waals surface area contributed by atoms with E-state index < -0.39 is 0 Å². The number of aromatic hydroxyl groups is 1. The predicted molar refractivity (Wildman–Crippen MR) is 116 cm³/mol. The van der Waals surface area contributed by atoms with Crippen molar-refractivity contribution in [2.24, 2.45) is 0 Å². The second kappa shape index (κ2) is 8.29. The van der Waals surface area contributed by atoms with E-state index in [-0.39, 0.29) is 11.8 Å². The molecular formula is C24H24N3O3+. The van der Waals surface area contributed by atoms with Crippen molar-refractivity contribution in [1.29, 1.82) is 0 Å². The number of phenolic OH excluding ortho intramolecular Hbond substituents is 1. The number of aromatic nitrogens is 2. The predicted octanol–water partition coefficient (Wildman–Crippen LogP) is 4.28. The molecule has 0 unspecified atom stereocenters. The third-order valence-electron chi connectivity index (χ3n) is 5.09. The Hall–Kier alpha value is -3.80. The van der Waals surface area contributed by atoms with Crippen molar-refractivity contribution >= 4 is 16.7 Å². The van der Waals surface area contributed by atoms with Crippen molar-refractivity contribution in [3.8, 4) is 17.2 Å². The van der Waals surface area contributed by atoms with Gasteiger partial charge < -0.3 is 14.6 Å². The smallest absolute Gasteiger partial charge is 0.273 e. The van der Waals surface area contributed by atoms with Gasteiger partial charge in [-0.05, 0) is 42.8 Å². The van der Waals surface area contributed by atoms with E-state index >= 15 is 0 Å². The van der Waals surface area contributed by atoms with E-state index in [1.54, 1.807) is 20.4 Å². The van der Waals surface area contributed by atoms with Gasteiger partial charge in [-0.15, -0.1) is 0 Å². The molecular weight excluding hydrogens is 378 g/mol. The lowest BCUT2D eigenvalue weighted by Crippen LogP contribution is -2.19. The molecule has 2 aromatic heterocycles. The van der Waals surface area contributed by atoms with Crippen molar-refractivity contribution < 1.29 is 19.6 Å². The zero-order valence-electron chi connectivity index (χ0n) is 17.1. The summed E-state index contributed by atoms with van der Waals surface area (Å²) in [6.45, 7) is 2.03. The Bertz CT molecular complexity index is 1190. The lowest BCUT2D eigenvalue weighted by Gasteiger charge is -2.19. The van der Waals surface area contributed by atoms with Gasteiger partial charge in [0, 0.05) is 28.8 Å². The van der Waals surface area contributed by atoms with E-state index in [1.165, 1.54) is 0 Å². The van der Waals surface area contributed by atoms with E-state index in [1.807, 2.05) is 67.7 Å². The molecule has 30 heavy (non-hydrogen) atoms. The number of aromatic amines is 1. The highest BCUT2D eigenvalue weighted by Crippen LogP contribution is 2.38. The Labute approximate surface area is 175 Å². The van der Waals surface area contributed by atoms with Gasteiger partial charge in [0.1, 0.15) is 17.3 Å². The van der Waals surface area contributed by atoms with Crippen LogP contribution < -0.4 is 19.8 Å². The van der Waals surface area contributed by atoms with Crippen LogP contribution in [-0.2, 0) is 0 Å². The molecule has 3 N–H and O–H groups in total. The average molecular weight is 402 g/mol. The van der Waals surface area contributed by atoms with Crippen LogP contribution in [0.1, 0.15) is 22.7 Å². The fourth-order valence-electron chi connectivity index (χ4n) is 3.57. The summed E-state index contributed by atoms with van der Waals surface area (Å²) in [5, 5.41) is 15.5. The van der Waals surface area contributed by atoms with E-state index in [4.69, 9.17) is 9.47 Å². The van der Waals surface area contributed by atoms with E-state index in [9.17, 15) is 5.11 Å². The highest BCUT2D eigenvalue weighted by Gasteiger charge is 2.25. The van der Waals surface area contributed by atoms with Crippen molar-refractivity contribution in [3.05, 3.63) is 83.7 Å². The minimum Gasteiger partial charge on any atom is -0.505 e. The highest BCUT2D eigenvalue weighted by atomic mass is 16.5. The molecule has 6 nitrogen and oxygen atoms in total. The van der Waals surface area contributed by atoms with Crippen molar-refractivity contribution in [1.82, 2.24) is 4.98 Å². The second-order valence-electron chi connectivity index (χ2n) is 7.05. The number of fused-ring (bicyclic) bond motifs is 1. The first kappa shape index (κ1) is 19.5. The van der Waals surface area contributed by atoms with Gasteiger partial charge in [-0.2, -0.15) is 0 Å². The summed E-state index contributed by atoms with van der Waals surface area (Å²) in [7, 11) is 3.21. The number of nitrogens with one attached hydrogen (secondary N) is 2. The van der Waals surface area contributed by atoms with Gasteiger partial charge in [-0.3, -0.25) is 10.3 Å². The Balaban J connectivity index is 1.87. The lowest BCUT2D eigenvalue weighted by atomic mass is 9.95. The van der Waals surface area contributed by atoms with Crippen molar-refractivity contribution in [2.75, 3.05) is 19.5 Å². The van der Waals surface area contributed by atoms with Crippen molar-refractivity contribution in [3.63, 3.8) is 0 Å². The molecule has 0 saturated heterocycles. The van der Waals surface area contributed by atoms with Crippen LogP contribution in [0.4, 0.5) is 5.82 Å². The largest absolute Gasteiger partial charge is 0.505 e.